The van der Waals surface area contributed by atoms with Crippen LogP contribution in [-0.4, -0.2) is 52.6 Å². The Balaban J connectivity index is 1.50. The summed E-state index contributed by atoms with van der Waals surface area (Å²) in [4.78, 5) is 16.7. The number of hydrogen-bond acceptors (Lipinski definition) is 7. The first-order valence-corrected chi connectivity index (χ1v) is 12.3. The molecule has 9 heteroatoms. The molecular weight excluding hydrogens is 433 g/mol. The first-order valence-electron chi connectivity index (χ1n) is 12.3. The number of allylic oxidation sites excluding steroid dienone is 2. The average molecular weight is 473 g/mol. The molecule has 1 N–H and O–H groups in total. The van der Waals surface area contributed by atoms with E-state index in [4.69, 9.17) is 18.6 Å². The second-order valence-electron chi connectivity index (χ2n) is 10.8. The van der Waals surface area contributed by atoms with E-state index in [1.807, 2.05) is 20.8 Å². The number of nitrogens with zero attached hydrogens (tertiary/aromatic N) is 2. The van der Waals surface area contributed by atoms with Gasteiger partial charge in [-0.25, -0.2) is 0 Å². The highest BCUT2D eigenvalue weighted by molar-refractivity contribution is 6.54. The van der Waals surface area contributed by atoms with Gasteiger partial charge in [0.25, 0.3) is 0 Å². The van der Waals surface area contributed by atoms with E-state index in [0.717, 1.165) is 18.3 Å². The number of amides is 1. The van der Waals surface area contributed by atoms with Crippen LogP contribution in [-0.2, 0) is 18.8 Å². The fourth-order valence-electron chi connectivity index (χ4n) is 4.19. The molecule has 3 rings (SSSR count). The summed E-state index contributed by atoms with van der Waals surface area (Å²) in [5, 5.41) is 6.99. The lowest BCUT2D eigenvalue weighted by atomic mass is 9.78. The van der Waals surface area contributed by atoms with Crippen LogP contribution >= 0.6 is 0 Å². The molecule has 1 amide bonds. The Morgan fingerprint density at radius 1 is 1.24 bits per heavy atom. The largest absolute Gasteiger partial charge is 0.489 e. The molecule has 0 bridgehead atoms. The molecule has 8 nitrogen and oxygen atoms in total. The van der Waals surface area contributed by atoms with E-state index in [1.165, 1.54) is 6.08 Å². The van der Waals surface area contributed by atoms with Crippen molar-refractivity contribution in [1.29, 1.82) is 0 Å². The van der Waals surface area contributed by atoms with Crippen LogP contribution in [0.4, 0.5) is 0 Å². The minimum atomic E-state index is -0.349. The summed E-state index contributed by atoms with van der Waals surface area (Å²) in [6.07, 6.45) is 7.12. The molecule has 0 spiro atoms. The third-order valence-electron chi connectivity index (χ3n) is 7.33. The van der Waals surface area contributed by atoms with Crippen LogP contribution in [0.15, 0.2) is 28.2 Å². The molecule has 0 radical (unpaired) electrons. The molecule has 2 aliphatic heterocycles. The molecule has 3 heterocycles. The molecule has 1 aromatic rings. The van der Waals surface area contributed by atoms with Gasteiger partial charge in [-0.3, -0.25) is 4.79 Å². The summed E-state index contributed by atoms with van der Waals surface area (Å²) < 4.78 is 23.6. The average Bonchev–Trinajstić information content (AvgIpc) is 3.27. The molecule has 2 fully saturated rings. The van der Waals surface area contributed by atoms with Crippen LogP contribution in [0.1, 0.15) is 85.9 Å². The lowest BCUT2D eigenvalue weighted by molar-refractivity contribution is -0.123. The number of carbonyl (C=O) groups excluding carboxylic acids is 1. The Kier molecular flexibility index (Phi) is 8.10. The lowest BCUT2D eigenvalue weighted by Crippen LogP contribution is -2.50. The summed E-state index contributed by atoms with van der Waals surface area (Å²) in [5.74, 6) is 1.13. The van der Waals surface area contributed by atoms with Crippen molar-refractivity contribution in [2.45, 2.75) is 111 Å². The molecule has 0 aliphatic carbocycles. The van der Waals surface area contributed by atoms with Crippen LogP contribution in [0.3, 0.4) is 0 Å². The van der Waals surface area contributed by atoms with E-state index in [0.29, 0.717) is 17.6 Å². The van der Waals surface area contributed by atoms with Crippen molar-refractivity contribution >= 4 is 13.0 Å². The van der Waals surface area contributed by atoms with Crippen LogP contribution in [0, 0.1) is 12.8 Å². The maximum absolute atomic E-state index is 12.5. The molecule has 188 valence electrons. The number of aromatic nitrogens is 2. The second-order valence-corrected chi connectivity index (χ2v) is 10.8. The summed E-state index contributed by atoms with van der Waals surface area (Å²) in [6, 6.07) is -0.0423. The van der Waals surface area contributed by atoms with Crippen LogP contribution in [0.5, 0.6) is 0 Å². The van der Waals surface area contributed by atoms with E-state index in [-0.39, 0.29) is 48.4 Å². The van der Waals surface area contributed by atoms with Crippen molar-refractivity contribution in [2.24, 2.45) is 5.92 Å². The smallest absolute Gasteiger partial charge is 0.400 e. The van der Waals surface area contributed by atoms with Gasteiger partial charge in [0.15, 0.2) is 5.82 Å². The monoisotopic (exact) mass is 473 g/mol. The first kappa shape index (κ1) is 26.6. The Bertz CT molecular complexity index is 909. The molecule has 0 unspecified atom stereocenters. The highest BCUT2D eigenvalue weighted by Gasteiger charge is 2.51. The highest BCUT2D eigenvalue weighted by atomic mass is 16.7. The summed E-state index contributed by atoms with van der Waals surface area (Å²) >= 11 is 0. The number of aryl methyl sites for hydroxylation is 1. The first-order chi connectivity index (χ1) is 15.8. The number of nitrogens with one attached hydrogen (secondary N) is 1. The minimum Gasteiger partial charge on any atom is -0.400 e. The zero-order valence-corrected chi connectivity index (χ0v) is 22.0. The van der Waals surface area contributed by atoms with Crippen LogP contribution in [0.2, 0.25) is 0 Å². The van der Waals surface area contributed by atoms with Crippen molar-refractivity contribution in [3.05, 3.63) is 35.4 Å². The van der Waals surface area contributed by atoms with Gasteiger partial charge in [-0.05, 0) is 71.9 Å². The predicted molar refractivity (Wildman–Crippen MR) is 131 cm³/mol. The van der Waals surface area contributed by atoms with Gasteiger partial charge >= 0.3 is 7.12 Å². The molecule has 34 heavy (non-hydrogen) atoms. The number of hydrogen-bond donors (Lipinski definition) is 1. The third kappa shape index (κ3) is 6.17. The van der Waals surface area contributed by atoms with Gasteiger partial charge in [0, 0.05) is 12.8 Å². The van der Waals surface area contributed by atoms with Crippen LogP contribution in [0.25, 0.3) is 0 Å². The number of rotatable bonds is 7. The highest BCUT2D eigenvalue weighted by Crippen LogP contribution is 2.38. The van der Waals surface area contributed by atoms with E-state index in [9.17, 15) is 4.79 Å². The van der Waals surface area contributed by atoms with Crippen LogP contribution < -0.4 is 5.32 Å². The van der Waals surface area contributed by atoms with Gasteiger partial charge in [0.05, 0.1) is 29.5 Å². The minimum absolute atomic E-state index is 0.0423. The molecule has 0 aromatic carbocycles. The quantitative estimate of drug-likeness (QED) is 0.466. The summed E-state index contributed by atoms with van der Waals surface area (Å²) in [7, 11) is -0.334. The van der Waals surface area contributed by atoms with Crippen molar-refractivity contribution in [3.8, 4) is 0 Å². The Hall–Kier alpha value is -1.97. The number of ether oxygens (including phenoxy) is 1. The summed E-state index contributed by atoms with van der Waals surface area (Å²) in [6.45, 7) is 18.1. The maximum Gasteiger partial charge on any atom is 0.489 e. The standard InChI is InChI=1S/C25H40BN3O5/c1-15(23-27-19(5)32-29-23)10-13-22(30)28-20-14-16(2)21(31-18(20)4)12-11-17(3)26-33-24(6,7)25(8,9)34-26/h10-11,13,15-16,18,20-21H,12,14H2,1-9H3,(H,28,30)/b13-10-,17-11-/t15-,16-,18+,20+,21-/m0/s1. The maximum atomic E-state index is 12.5. The number of carbonyl (C=O) groups is 1. The van der Waals surface area contributed by atoms with E-state index in [1.54, 1.807) is 13.0 Å². The zero-order chi connectivity index (χ0) is 25.3. The van der Waals surface area contributed by atoms with Crippen molar-refractivity contribution in [3.63, 3.8) is 0 Å². The predicted octanol–water partition coefficient (Wildman–Crippen LogP) is 4.30. The Morgan fingerprint density at radius 2 is 1.88 bits per heavy atom. The Labute approximate surface area is 204 Å². The fourth-order valence-corrected chi connectivity index (χ4v) is 4.19. The zero-order valence-electron chi connectivity index (χ0n) is 22.0. The van der Waals surface area contributed by atoms with E-state index >= 15 is 0 Å². The SMILES string of the molecule is C/C(=C/C[C@@H]1O[C@H](C)[C@H](NC(=O)/C=C\[C@H](C)c2noc(C)n2)C[C@@H]1C)B1OC(C)(C)C(C)(C)O1. The van der Waals surface area contributed by atoms with Gasteiger partial charge in [-0.15, -0.1) is 0 Å². The molecule has 5 atom stereocenters. The van der Waals surface area contributed by atoms with Crippen molar-refractivity contribution in [2.75, 3.05) is 0 Å². The van der Waals surface area contributed by atoms with Gasteiger partial charge < -0.3 is 23.9 Å². The second kappa shape index (κ2) is 10.3. The third-order valence-corrected chi connectivity index (χ3v) is 7.33. The van der Waals surface area contributed by atoms with E-state index < -0.39 is 0 Å². The molecule has 2 saturated heterocycles. The lowest BCUT2D eigenvalue weighted by Gasteiger charge is -2.39. The summed E-state index contributed by atoms with van der Waals surface area (Å²) in [5.41, 5.74) is 0.365. The normalized spacial score (nSPS) is 30.0. The molecular formula is C25H40BN3O5. The van der Waals surface area contributed by atoms with E-state index in [2.05, 4.69) is 56.2 Å². The van der Waals surface area contributed by atoms with Gasteiger partial charge in [0.2, 0.25) is 11.8 Å². The molecule has 2 aliphatic rings. The topological polar surface area (TPSA) is 95.7 Å². The van der Waals surface area contributed by atoms with Gasteiger partial charge in [-0.2, -0.15) is 4.98 Å². The Morgan fingerprint density at radius 3 is 2.47 bits per heavy atom. The fraction of sp³-hybridized carbons (Fsp3) is 0.720. The van der Waals surface area contributed by atoms with Crippen molar-refractivity contribution < 1.29 is 23.4 Å². The van der Waals surface area contributed by atoms with Gasteiger partial charge in [0.1, 0.15) is 0 Å². The van der Waals surface area contributed by atoms with Crippen molar-refractivity contribution in [1.82, 2.24) is 15.5 Å². The molecule has 1 aromatic heterocycles. The van der Waals surface area contributed by atoms with Gasteiger partial charge in [-0.1, -0.05) is 31.2 Å². The molecule has 0 saturated carbocycles.